The van der Waals surface area contributed by atoms with Gasteiger partial charge in [0.05, 0.1) is 11.4 Å². The van der Waals surface area contributed by atoms with Crippen molar-refractivity contribution < 1.29 is 17.7 Å². The molecule has 1 unspecified atom stereocenters. The molecule has 0 radical (unpaired) electrons. The molecule has 0 spiro atoms. The summed E-state index contributed by atoms with van der Waals surface area (Å²) in [6.45, 7) is 0. The van der Waals surface area contributed by atoms with Crippen molar-refractivity contribution in [2.45, 2.75) is 4.90 Å². The zero-order chi connectivity index (χ0) is 20.5. The summed E-state index contributed by atoms with van der Waals surface area (Å²) < 4.78 is 46.1. The Bertz CT molecular complexity index is 1120. The molecule has 0 bridgehead atoms. The zero-order valence-electron chi connectivity index (χ0n) is 14.7. The number of benzene rings is 2. The number of para-hydroxylation sites is 2. The second-order valence-corrected chi connectivity index (χ2v) is 9.58. The SMILES string of the molecule is CN(C)S(=O)(=O)c1cccc(NC2=NS(=O)N=C2Nc2ccccc2Br)c1O. The molecule has 0 saturated heterocycles. The number of rotatable bonds is 4. The van der Waals surface area contributed by atoms with Crippen LogP contribution in [0.25, 0.3) is 0 Å². The van der Waals surface area contributed by atoms with Crippen molar-refractivity contribution in [3.8, 4) is 5.75 Å². The number of hydrogen-bond acceptors (Lipinski definition) is 6. The molecule has 2 aromatic rings. The number of phenolic OH excluding ortho intramolecular Hbond substituents is 1. The van der Waals surface area contributed by atoms with E-state index in [1.165, 1.54) is 32.3 Å². The minimum atomic E-state index is -3.85. The number of anilines is 2. The van der Waals surface area contributed by atoms with Crippen LogP contribution in [0, 0.1) is 0 Å². The Morgan fingerprint density at radius 2 is 1.57 bits per heavy atom. The Labute approximate surface area is 173 Å². The van der Waals surface area contributed by atoms with Gasteiger partial charge < -0.3 is 15.7 Å². The number of nitrogens with zero attached hydrogens (tertiary/aromatic N) is 3. The van der Waals surface area contributed by atoms with Crippen LogP contribution in [0.1, 0.15) is 0 Å². The molecule has 1 aliphatic rings. The lowest BCUT2D eigenvalue weighted by Crippen LogP contribution is -2.28. The molecule has 28 heavy (non-hydrogen) atoms. The van der Waals surface area contributed by atoms with E-state index in [1.54, 1.807) is 6.07 Å². The molecule has 0 fully saturated rings. The first-order valence-electron chi connectivity index (χ1n) is 7.83. The topological polar surface area (TPSA) is 123 Å². The summed E-state index contributed by atoms with van der Waals surface area (Å²) in [5.41, 5.74) is 0.755. The molecule has 3 N–H and O–H groups in total. The highest BCUT2D eigenvalue weighted by atomic mass is 79.9. The van der Waals surface area contributed by atoms with Gasteiger partial charge >= 0.3 is 0 Å². The summed E-state index contributed by atoms with van der Waals surface area (Å²) in [7, 11) is -1.12. The van der Waals surface area contributed by atoms with Gasteiger partial charge in [-0.25, -0.2) is 16.9 Å². The predicted molar refractivity (Wildman–Crippen MR) is 113 cm³/mol. The van der Waals surface area contributed by atoms with Crippen LogP contribution in [-0.4, -0.2) is 47.8 Å². The van der Waals surface area contributed by atoms with E-state index in [4.69, 9.17) is 0 Å². The second-order valence-electron chi connectivity index (χ2n) is 5.78. The van der Waals surface area contributed by atoms with Crippen molar-refractivity contribution >= 4 is 60.2 Å². The number of amidine groups is 2. The Morgan fingerprint density at radius 1 is 1.00 bits per heavy atom. The minimum Gasteiger partial charge on any atom is -0.504 e. The van der Waals surface area contributed by atoms with Crippen LogP contribution >= 0.6 is 15.9 Å². The predicted octanol–water partition coefficient (Wildman–Crippen LogP) is 2.32. The third kappa shape index (κ3) is 4.09. The number of phenols is 1. The third-order valence-electron chi connectivity index (χ3n) is 3.70. The molecule has 12 heteroatoms. The van der Waals surface area contributed by atoms with E-state index in [0.29, 0.717) is 5.69 Å². The van der Waals surface area contributed by atoms with Gasteiger partial charge in [-0.2, -0.15) is 0 Å². The van der Waals surface area contributed by atoms with Crippen LogP contribution in [-0.2, 0) is 21.2 Å². The first kappa shape index (κ1) is 20.5. The van der Waals surface area contributed by atoms with Crippen LogP contribution in [0.15, 0.2) is 60.6 Å². The lowest BCUT2D eigenvalue weighted by Gasteiger charge is -2.16. The molecule has 0 aromatic heterocycles. The smallest absolute Gasteiger partial charge is 0.269 e. The average molecular weight is 486 g/mol. The van der Waals surface area contributed by atoms with Crippen molar-refractivity contribution in [1.82, 2.24) is 4.31 Å². The molecule has 3 rings (SSSR count). The highest BCUT2D eigenvalue weighted by Crippen LogP contribution is 2.32. The number of hydrogen-bond donors (Lipinski definition) is 3. The zero-order valence-corrected chi connectivity index (χ0v) is 18.0. The Hall–Kier alpha value is -2.28. The molecule has 0 aliphatic carbocycles. The van der Waals surface area contributed by atoms with E-state index >= 15 is 0 Å². The van der Waals surface area contributed by atoms with Crippen molar-refractivity contribution in [1.29, 1.82) is 0 Å². The van der Waals surface area contributed by atoms with E-state index in [9.17, 15) is 17.7 Å². The number of sulfonamides is 1. The van der Waals surface area contributed by atoms with Gasteiger partial charge in [-0.05, 0) is 40.2 Å². The van der Waals surface area contributed by atoms with Gasteiger partial charge in [-0.15, -0.1) is 8.80 Å². The van der Waals surface area contributed by atoms with Crippen LogP contribution in [0.5, 0.6) is 5.75 Å². The molecular weight excluding hydrogens is 470 g/mol. The van der Waals surface area contributed by atoms with Gasteiger partial charge in [0.25, 0.3) is 11.2 Å². The van der Waals surface area contributed by atoms with Gasteiger partial charge in [0, 0.05) is 18.6 Å². The van der Waals surface area contributed by atoms with Gasteiger partial charge in [-0.1, -0.05) is 18.2 Å². The summed E-state index contributed by atoms with van der Waals surface area (Å²) >= 11 is 1.55. The molecule has 1 atom stereocenters. The summed E-state index contributed by atoms with van der Waals surface area (Å²) in [5.74, 6) is -0.189. The fourth-order valence-electron chi connectivity index (χ4n) is 2.27. The number of nitrogens with one attached hydrogen (secondary N) is 2. The maximum absolute atomic E-state index is 12.4. The number of halogens is 1. The second kappa shape index (κ2) is 7.99. The molecule has 0 saturated carbocycles. The van der Waals surface area contributed by atoms with Crippen LogP contribution in [0.4, 0.5) is 11.4 Å². The largest absolute Gasteiger partial charge is 0.504 e. The highest BCUT2D eigenvalue weighted by molar-refractivity contribution is 9.10. The summed E-state index contributed by atoms with van der Waals surface area (Å²) in [6.07, 6.45) is 0. The van der Waals surface area contributed by atoms with Crippen LogP contribution < -0.4 is 10.6 Å². The lowest BCUT2D eigenvalue weighted by molar-refractivity contribution is 0.455. The Morgan fingerprint density at radius 3 is 2.18 bits per heavy atom. The van der Waals surface area contributed by atoms with Gasteiger partial charge in [0.2, 0.25) is 10.0 Å². The van der Waals surface area contributed by atoms with Crippen molar-refractivity contribution in [3.05, 3.63) is 46.9 Å². The van der Waals surface area contributed by atoms with Gasteiger partial charge in [0.15, 0.2) is 17.4 Å². The highest BCUT2D eigenvalue weighted by Gasteiger charge is 2.25. The number of aromatic hydroxyl groups is 1. The van der Waals surface area contributed by atoms with E-state index in [0.717, 1.165) is 8.78 Å². The first-order chi connectivity index (χ1) is 13.2. The summed E-state index contributed by atoms with van der Waals surface area (Å²) in [5, 5.41) is 16.2. The van der Waals surface area contributed by atoms with E-state index in [-0.39, 0.29) is 22.3 Å². The van der Waals surface area contributed by atoms with Gasteiger partial charge in [0.1, 0.15) is 4.90 Å². The van der Waals surface area contributed by atoms with E-state index in [1.807, 2.05) is 18.2 Å². The fraction of sp³-hybridized carbons (Fsp3) is 0.125. The van der Waals surface area contributed by atoms with Crippen LogP contribution in [0.2, 0.25) is 0 Å². The Balaban J connectivity index is 1.91. The molecule has 148 valence electrons. The molecular formula is C16H16BrN5O4S2. The first-order valence-corrected chi connectivity index (χ1v) is 11.1. The molecule has 1 heterocycles. The quantitative estimate of drug-likeness (QED) is 0.570. The normalized spacial score (nSPS) is 16.6. The van der Waals surface area contributed by atoms with Crippen molar-refractivity contribution in [2.24, 2.45) is 8.80 Å². The average Bonchev–Trinajstić information content (AvgIpc) is 2.97. The summed E-state index contributed by atoms with van der Waals surface area (Å²) in [6, 6.07) is 11.5. The summed E-state index contributed by atoms with van der Waals surface area (Å²) in [4.78, 5) is -0.264. The van der Waals surface area contributed by atoms with Crippen molar-refractivity contribution in [2.75, 3.05) is 24.7 Å². The fourth-order valence-corrected chi connectivity index (χ4v) is 4.27. The van der Waals surface area contributed by atoms with Crippen molar-refractivity contribution in [3.63, 3.8) is 0 Å². The minimum absolute atomic E-state index is 0.0854. The molecule has 1 aliphatic heterocycles. The third-order valence-corrected chi connectivity index (χ3v) is 6.92. The molecule has 9 nitrogen and oxygen atoms in total. The molecule has 2 aromatic carbocycles. The maximum atomic E-state index is 12.4. The van der Waals surface area contributed by atoms with E-state index < -0.39 is 26.9 Å². The van der Waals surface area contributed by atoms with E-state index in [2.05, 4.69) is 35.4 Å². The van der Waals surface area contributed by atoms with Gasteiger partial charge in [-0.3, -0.25) is 0 Å². The monoisotopic (exact) mass is 485 g/mol. The maximum Gasteiger partial charge on any atom is 0.269 e. The standard InChI is InChI=1S/C16H16BrN5O4S2/c1-22(2)28(25,26)13-9-5-8-12(14(13)23)19-16-15(20-27(24)21-16)18-11-7-4-3-6-10(11)17/h3-9,23H,1-2H3,(H,18,20)(H,19,21). The van der Waals surface area contributed by atoms with Crippen LogP contribution in [0.3, 0.4) is 0 Å². The lowest BCUT2D eigenvalue weighted by atomic mass is 10.2. The Kier molecular flexibility index (Phi) is 5.84. The molecule has 0 amide bonds.